The average molecular weight is 294 g/mol. The second-order valence-corrected chi connectivity index (χ2v) is 5.29. The number of rotatable bonds is 3. The zero-order chi connectivity index (χ0) is 14.8. The van der Waals surface area contributed by atoms with Crippen LogP contribution < -0.4 is 5.32 Å². The minimum atomic E-state index is -4.47. The van der Waals surface area contributed by atoms with Crippen molar-refractivity contribution in [1.29, 1.82) is 0 Å². The lowest BCUT2D eigenvalue weighted by atomic mass is 9.89. The molecule has 19 heavy (non-hydrogen) atoms. The number of hydrogen-bond donors (Lipinski definition) is 1. The summed E-state index contributed by atoms with van der Waals surface area (Å²) in [5, 5.41) is 2.52. The SMILES string of the molecule is CCC(C)(C)C(=O)Nc1cc(C(F)(F)F)ccc1Cl. The fourth-order valence-corrected chi connectivity index (χ4v) is 1.41. The molecule has 1 aromatic carbocycles. The van der Waals surface area contributed by atoms with E-state index in [9.17, 15) is 18.0 Å². The number of nitrogens with one attached hydrogen (secondary N) is 1. The molecule has 0 unspecified atom stereocenters. The lowest BCUT2D eigenvalue weighted by Crippen LogP contribution is -2.30. The molecule has 1 amide bonds. The van der Waals surface area contributed by atoms with Crippen LogP contribution in [0.2, 0.25) is 5.02 Å². The van der Waals surface area contributed by atoms with E-state index in [-0.39, 0.29) is 16.6 Å². The van der Waals surface area contributed by atoms with Gasteiger partial charge in [0.1, 0.15) is 0 Å². The topological polar surface area (TPSA) is 29.1 Å². The number of alkyl halides is 3. The normalized spacial score (nSPS) is 12.4. The standard InChI is InChI=1S/C13H15ClF3NO/c1-4-12(2,3)11(19)18-10-7-8(13(15,16)17)5-6-9(10)14/h5-7H,4H2,1-3H3,(H,18,19). The van der Waals surface area contributed by atoms with Crippen molar-refractivity contribution in [3.8, 4) is 0 Å². The molecule has 0 radical (unpaired) electrons. The Morgan fingerprint density at radius 3 is 2.37 bits per heavy atom. The molecule has 2 nitrogen and oxygen atoms in total. The number of anilines is 1. The Morgan fingerprint density at radius 2 is 1.89 bits per heavy atom. The largest absolute Gasteiger partial charge is 0.416 e. The highest BCUT2D eigenvalue weighted by atomic mass is 35.5. The van der Waals surface area contributed by atoms with Crippen molar-refractivity contribution in [2.75, 3.05) is 5.32 Å². The van der Waals surface area contributed by atoms with Crippen LogP contribution in [0.25, 0.3) is 0 Å². The second-order valence-electron chi connectivity index (χ2n) is 4.88. The molecule has 1 N–H and O–H groups in total. The maximum absolute atomic E-state index is 12.6. The molecule has 0 aliphatic carbocycles. The number of carbonyl (C=O) groups excluding carboxylic acids is 1. The lowest BCUT2D eigenvalue weighted by Gasteiger charge is -2.22. The van der Waals surface area contributed by atoms with Crippen molar-refractivity contribution in [3.63, 3.8) is 0 Å². The maximum atomic E-state index is 12.6. The van der Waals surface area contributed by atoms with E-state index in [0.29, 0.717) is 6.42 Å². The van der Waals surface area contributed by atoms with Crippen LogP contribution in [0.1, 0.15) is 32.8 Å². The molecule has 0 saturated heterocycles. The number of benzene rings is 1. The van der Waals surface area contributed by atoms with Gasteiger partial charge in [-0.25, -0.2) is 0 Å². The number of halogens is 4. The summed E-state index contributed by atoms with van der Waals surface area (Å²) in [6.45, 7) is 5.25. The third kappa shape index (κ3) is 3.86. The number of hydrogen-bond acceptors (Lipinski definition) is 1. The van der Waals surface area contributed by atoms with Gasteiger partial charge < -0.3 is 5.32 Å². The van der Waals surface area contributed by atoms with Crippen molar-refractivity contribution in [1.82, 2.24) is 0 Å². The van der Waals surface area contributed by atoms with Crippen LogP contribution in [0, 0.1) is 5.41 Å². The first kappa shape index (κ1) is 15.8. The Balaban J connectivity index is 3.05. The minimum Gasteiger partial charge on any atom is -0.324 e. The first-order chi connectivity index (χ1) is 8.58. The van der Waals surface area contributed by atoms with Crippen LogP contribution in [0.4, 0.5) is 18.9 Å². The Hall–Kier alpha value is -1.23. The molecule has 0 aliphatic heterocycles. The molecule has 0 saturated carbocycles. The highest BCUT2D eigenvalue weighted by Gasteiger charge is 2.32. The predicted molar refractivity (Wildman–Crippen MR) is 69.2 cm³/mol. The third-order valence-electron chi connectivity index (χ3n) is 3.04. The molecule has 0 aliphatic rings. The van der Waals surface area contributed by atoms with Crippen molar-refractivity contribution >= 4 is 23.2 Å². The highest BCUT2D eigenvalue weighted by molar-refractivity contribution is 6.33. The summed E-state index contributed by atoms with van der Waals surface area (Å²) in [6.07, 6.45) is -3.90. The van der Waals surface area contributed by atoms with Gasteiger partial charge in [-0.05, 0) is 24.6 Å². The van der Waals surface area contributed by atoms with Crippen LogP contribution in [0.3, 0.4) is 0 Å². The van der Waals surface area contributed by atoms with E-state index < -0.39 is 17.2 Å². The molecule has 1 aromatic rings. The van der Waals surface area contributed by atoms with E-state index >= 15 is 0 Å². The van der Waals surface area contributed by atoms with E-state index in [1.165, 1.54) is 0 Å². The molecular weight excluding hydrogens is 279 g/mol. The van der Waals surface area contributed by atoms with Gasteiger partial charge in [-0.3, -0.25) is 4.79 Å². The monoisotopic (exact) mass is 293 g/mol. The first-order valence-electron chi connectivity index (χ1n) is 5.76. The average Bonchev–Trinajstić information content (AvgIpc) is 2.30. The van der Waals surface area contributed by atoms with Gasteiger partial charge in [0.25, 0.3) is 0 Å². The van der Waals surface area contributed by atoms with Gasteiger partial charge in [0, 0.05) is 5.41 Å². The van der Waals surface area contributed by atoms with Crippen LogP contribution in [0.15, 0.2) is 18.2 Å². The molecule has 0 bridgehead atoms. The Kier molecular flexibility index (Phi) is 4.50. The summed E-state index contributed by atoms with van der Waals surface area (Å²) in [4.78, 5) is 11.9. The van der Waals surface area contributed by atoms with Crippen LogP contribution in [0.5, 0.6) is 0 Å². The van der Waals surface area contributed by atoms with Gasteiger partial charge in [0.15, 0.2) is 0 Å². The van der Waals surface area contributed by atoms with Crippen LogP contribution >= 0.6 is 11.6 Å². The van der Waals surface area contributed by atoms with Crippen molar-refractivity contribution in [2.24, 2.45) is 5.41 Å². The van der Waals surface area contributed by atoms with E-state index in [0.717, 1.165) is 18.2 Å². The zero-order valence-electron chi connectivity index (χ0n) is 10.9. The molecule has 0 fully saturated rings. The quantitative estimate of drug-likeness (QED) is 0.857. The van der Waals surface area contributed by atoms with Gasteiger partial charge in [0.2, 0.25) is 5.91 Å². The molecule has 6 heteroatoms. The minimum absolute atomic E-state index is 0.0250. The Bertz CT molecular complexity index is 483. The molecule has 0 heterocycles. The van der Waals surface area contributed by atoms with Gasteiger partial charge >= 0.3 is 6.18 Å². The van der Waals surface area contributed by atoms with E-state index in [1.807, 2.05) is 6.92 Å². The van der Waals surface area contributed by atoms with Gasteiger partial charge in [-0.1, -0.05) is 32.4 Å². The van der Waals surface area contributed by atoms with Crippen molar-refractivity contribution in [2.45, 2.75) is 33.4 Å². The van der Waals surface area contributed by atoms with Gasteiger partial charge in [-0.15, -0.1) is 0 Å². The molecule has 0 spiro atoms. The van der Waals surface area contributed by atoms with E-state index in [4.69, 9.17) is 11.6 Å². The third-order valence-corrected chi connectivity index (χ3v) is 3.37. The van der Waals surface area contributed by atoms with Gasteiger partial charge in [-0.2, -0.15) is 13.2 Å². The summed E-state index contributed by atoms with van der Waals surface area (Å²) in [5.41, 5.74) is -1.54. The number of carbonyl (C=O) groups is 1. The smallest absolute Gasteiger partial charge is 0.324 e. The van der Waals surface area contributed by atoms with Crippen molar-refractivity contribution < 1.29 is 18.0 Å². The maximum Gasteiger partial charge on any atom is 0.416 e. The fraction of sp³-hybridized carbons (Fsp3) is 0.462. The van der Waals surface area contributed by atoms with E-state index in [1.54, 1.807) is 13.8 Å². The zero-order valence-corrected chi connectivity index (χ0v) is 11.6. The predicted octanol–water partition coefficient (Wildman–Crippen LogP) is 4.73. The molecular formula is C13H15ClF3NO. The highest BCUT2D eigenvalue weighted by Crippen LogP contribution is 2.34. The van der Waals surface area contributed by atoms with Crippen LogP contribution in [-0.4, -0.2) is 5.91 Å². The second kappa shape index (κ2) is 5.41. The van der Waals surface area contributed by atoms with Crippen LogP contribution in [-0.2, 0) is 11.0 Å². The lowest BCUT2D eigenvalue weighted by molar-refractivity contribution is -0.137. The fourth-order valence-electron chi connectivity index (χ4n) is 1.25. The van der Waals surface area contributed by atoms with E-state index in [2.05, 4.69) is 5.32 Å². The summed E-state index contributed by atoms with van der Waals surface area (Å²) >= 11 is 5.80. The summed E-state index contributed by atoms with van der Waals surface area (Å²) in [7, 11) is 0. The Morgan fingerprint density at radius 1 is 1.32 bits per heavy atom. The summed E-state index contributed by atoms with van der Waals surface area (Å²) < 4.78 is 37.7. The Labute approximate surface area is 114 Å². The summed E-state index contributed by atoms with van der Waals surface area (Å²) in [5.74, 6) is -0.365. The molecule has 1 rings (SSSR count). The molecule has 0 atom stereocenters. The number of amides is 1. The summed E-state index contributed by atoms with van der Waals surface area (Å²) in [6, 6.07) is 2.84. The van der Waals surface area contributed by atoms with Gasteiger partial charge in [0.05, 0.1) is 16.3 Å². The molecule has 0 aromatic heterocycles. The van der Waals surface area contributed by atoms with Crippen molar-refractivity contribution in [3.05, 3.63) is 28.8 Å². The molecule has 106 valence electrons. The first-order valence-corrected chi connectivity index (χ1v) is 6.14.